The number of nitro groups is 1. The highest BCUT2D eigenvalue weighted by Gasteiger charge is 2.17. The molecule has 6 heteroatoms. The SMILES string of the molecule is C[C@H](O)[C@H](N)c1csc([N+](=O)[O-])c1. The summed E-state index contributed by atoms with van der Waals surface area (Å²) in [5.41, 5.74) is 6.19. The zero-order valence-corrected chi connectivity index (χ0v) is 7.82. The molecule has 0 radical (unpaired) electrons. The van der Waals surface area contributed by atoms with E-state index in [0.29, 0.717) is 5.56 Å². The number of rotatable bonds is 3. The van der Waals surface area contributed by atoms with Crippen LogP contribution in [-0.2, 0) is 0 Å². The fraction of sp³-hybridized carbons (Fsp3) is 0.429. The number of aliphatic hydroxyl groups is 1. The van der Waals surface area contributed by atoms with Gasteiger partial charge in [-0.05, 0) is 12.5 Å². The molecule has 1 aromatic rings. The van der Waals surface area contributed by atoms with Crippen LogP contribution < -0.4 is 5.73 Å². The molecule has 2 atom stereocenters. The highest BCUT2D eigenvalue weighted by molar-refractivity contribution is 7.13. The van der Waals surface area contributed by atoms with Gasteiger partial charge in [0.1, 0.15) is 0 Å². The second-order valence-corrected chi connectivity index (χ2v) is 3.63. The van der Waals surface area contributed by atoms with Gasteiger partial charge in [0.25, 0.3) is 0 Å². The third-order valence-electron chi connectivity index (χ3n) is 1.69. The third-order valence-corrected chi connectivity index (χ3v) is 2.59. The normalized spacial score (nSPS) is 15.3. The molecule has 1 heterocycles. The van der Waals surface area contributed by atoms with Crippen molar-refractivity contribution in [3.63, 3.8) is 0 Å². The molecule has 1 rings (SSSR count). The summed E-state index contributed by atoms with van der Waals surface area (Å²) < 4.78 is 0. The van der Waals surface area contributed by atoms with Gasteiger partial charge in [-0.2, -0.15) is 0 Å². The minimum Gasteiger partial charge on any atom is -0.391 e. The summed E-state index contributed by atoms with van der Waals surface area (Å²) in [5.74, 6) is 0. The van der Waals surface area contributed by atoms with Crippen LogP contribution in [0.15, 0.2) is 11.4 Å². The van der Waals surface area contributed by atoms with Gasteiger partial charge in [-0.1, -0.05) is 11.3 Å². The van der Waals surface area contributed by atoms with Crippen molar-refractivity contribution < 1.29 is 10.0 Å². The highest BCUT2D eigenvalue weighted by Crippen LogP contribution is 2.27. The second-order valence-electron chi connectivity index (χ2n) is 2.74. The standard InChI is InChI=1S/C7H10N2O3S/c1-4(10)7(8)5-2-6(9(11)12)13-3-5/h2-4,7,10H,8H2,1H3/t4-,7-/m0/s1. The number of thiophene rings is 1. The number of nitrogens with two attached hydrogens (primary N) is 1. The first-order valence-corrected chi connectivity index (χ1v) is 4.57. The zero-order valence-electron chi connectivity index (χ0n) is 7.01. The van der Waals surface area contributed by atoms with Crippen LogP contribution in [-0.4, -0.2) is 16.1 Å². The van der Waals surface area contributed by atoms with Crippen LogP contribution in [0.25, 0.3) is 0 Å². The summed E-state index contributed by atoms with van der Waals surface area (Å²) in [4.78, 5) is 9.85. The van der Waals surface area contributed by atoms with E-state index in [2.05, 4.69) is 0 Å². The highest BCUT2D eigenvalue weighted by atomic mass is 32.1. The quantitative estimate of drug-likeness (QED) is 0.566. The molecule has 0 saturated heterocycles. The molecule has 0 saturated carbocycles. The van der Waals surface area contributed by atoms with Gasteiger partial charge in [-0.3, -0.25) is 10.1 Å². The molecule has 0 aliphatic rings. The Hall–Kier alpha value is -0.980. The summed E-state index contributed by atoms with van der Waals surface area (Å²) >= 11 is 1.01. The molecular weight excluding hydrogens is 192 g/mol. The molecule has 5 nitrogen and oxygen atoms in total. The summed E-state index contributed by atoms with van der Waals surface area (Å²) in [7, 11) is 0. The minimum atomic E-state index is -0.700. The van der Waals surface area contributed by atoms with Gasteiger partial charge < -0.3 is 10.8 Å². The Morgan fingerprint density at radius 3 is 2.77 bits per heavy atom. The lowest BCUT2D eigenvalue weighted by Crippen LogP contribution is -2.22. The molecule has 0 aromatic carbocycles. The maximum absolute atomic E-state index is 10.3. The molecular formula is C7H10N2O3S. The van der Waals surface area contributed by atoms with E-state index in [4.69, 9.17) is 10.8 Å². The first-order valence-electron chi connectivity index (χ1n) is 3.69. The van der Waals surface area contributed by atoms with Gasteiger partial charge in [-0.15, -0.1) is 0 Å². The van der Waals surface area contributed by atoms with Crippen LogP contribution in [0.4, 0.5) is 5.00 Å². The smallest absolute Gasteiger partial charge is 0.324 e. The monoisotopic (exact) mass is 202 g/mol. The Balaban J connectivity index is 2.85. The van der Waals surface area contributed by atoms with Crippen molar-refractivity contribution in [1.29, 1.82) is 0 Å². The van der Waals surface area contributed by atoms with Gasteiger partial charge in [0, 0.05) is 11.4 Å². The Morgan fingerprint density at radius 1 is 1.77 bits per heavy atom. The van der Waals surface area contributed by atoms with Crippen molar-refractivity contribution in [2.24, 2.45) is 5.73 Å². The fourth-order valence-corrected chi connectivity index (χ4v) is 1.66. The molecule has 0 fully saturated rings. The molecule has 3 N–H and O–H groups in total. The van der Waals surface area contributed by atoms with Gasteiger partial charge in [0.2, 0.25) is 0 Å². The minimum absolute atomic E-state index is 0.0473. The predicted octanol–water partition coefficient (Wildman–Crippen LogP) is 1.04. The number of nitrogens with zero attached hydrogens (tertiary/aromatic N) is 1. The molecule has 13 heavy (non-hydrogen) atoms. The fourth-order valence-electron chi connectivity index (χ4n) is 0.888. The molecule has 1 aromatic heterocycles. The van der Waals surface area contributed by atoms with E-state index in [-0.39, 0.29) is 5.00 Å². The van der Waals surface area contributed by atoms with Crippen molar-refractivity contribution in [1.82, 2.24) is 0 Å². The maximum Gasteiger partial charge on any atom is 0.324 e. The Bertz CT molecular complexity index is 310. The van der Waals surface area contributed by atoms with Gasteiger partial charge in [0.15, 0.2) is 0 Å². The third kappa shape index (κ3) is 2.24. The van der Waals surface area contributed by atoms with Crippen LogP contribution in [0.1, 0.15) is 18.5 Å². The van der Waals surface area contributed by atoms with E-state index in [1.54, 1.807) is 12.3 Å². The number of aliphatic hydroxyl groups excluding tert-OH is 1. The van der Waals surface area contributed by atoms with Crippen molar-refractivity contribution in [2.45, 2.75) is 19.1 Å². The van der Waals surface area contributed by atoms with Crippen molar-refractivity contribution in [2.75, 3.05) is 0 Å². The Morgan fingerprint density at radius 2 is 2.38 bits per heavy atom. The van der Waals surface area contributed by atoms with E-state index in [0.717, 1.165) is 11.3 Å². The summed E-state index contributed by atoms with van der Waals surface area (Å²) in [6.45, 7) is 1.55. The first kappa shape index (κ1) is 10.1. The average Bonchev–Trinajstić information content (AvgIpc) is 2.50. The topological polar surface area (TPSA) is 89.4 Å². The molecule has 0 spiro atoms. The van der Waals surface area contributed by atoms with E-state index in [1.807, 2.05) is 0 Å². The molecule has 0 aliphatic heterocycles. The van der Waals surface area contributed by atoms with Crippen LogP contribution in [0.2, 0.25) is 0 Å². The molecule has 0 unspecified atom stereocenters. The van der Waals surface area contributed by atoms with Crippen LogP contribution in [0, 0.1) is 10.1 Å². The first-order chi connectivity index (χ1) is 6.02. The van der Waals surface area contributed by atoms with Crippen LogP contribution >= 0.6 is 11.3 Å². The maximum atomic E-state index is 10.3. The van der Waals surface area contributed by atoms with Gasteiger partial charge in [0.05, 0.1) is 17.1 Å². The predicted molar refractivity (Wildman–Crippen MR) is 49.6 cm³/mol. The molecule has 72 valence electrons. The largest absolute Gasteiger partial charge is 0.391 e. The molecule has 0 amide bonds. The van der Waals surface area contributed by atoms with Crippen molar-refractivity contribution >= 4 is 16.3 Å². The average molecular weight is 202 g/mol. The van der Waals surface area contributed by atoms with Gasteiger partial charge in [-0.25, -0.2) is 0 Å². The lowest BCUT2D eigenvalue weighted by Gasteiger charge is -2.11. The number of hydrogen-bond donors (Lipinski definition) is 2. The Kier molecular flexibility index (Phi) is 2.97. The van der Waals surface area contributed by atoms with Crippen molar-refractivity contribution in [3.05, 3.63) is 27.1 Å². The second kappa shape index (κ2) is 3.82. The van der Waals surface area contributed by atoms with E-state index < -0.39 is 17.1 Å². The summed E-state index contributed by atoms with van der Waals surface area (Å²) in [6, 6.07) is 0.840. The molecule has 0 bridgehead atoms. The van der Waals surface area contributed by atoms with E-state index >= 15 is 0 Å². The summed E-state index contributed by atoms with van der Waals surface area (Å²) in [6.07, 6.45) is -0.700. The van der Waals surface area contributed by atoms with Crippen LogP contribution in [0.5, 0.6) is 0 Å². The van der Waals surface area contributed by atoms with E-state index in [9.17, 15) is 10.1 Å². The van der Waals surface area contributed by atoms with E-state index in [1.165, 1.54) is 6.07 Å². The lowest BCUT2D eigenvalue weighted by atomic mass is 10.1. The van der Waals surface area contributed by atoms with Crippen molar-refractivity contribution in [3.8, 4) is 0 Å². The zero-order chi connectivity index (χ0) is 10.0. The van der Waals surface area contributed by atoms with Crippen LogP contribution in [0.3, 0.4) is 0 Å². The molecule has 0 aliphatic carbocycles. The lowest BCUT2D eigenvalue weighted by molar-refractivity contribution is -0.380. The number of hydrogen-bond acceptors (Lipinski definition) is 5. The Labute approximate surface area is 79.0 Å². The summed E-state index contributed by atoms with van der Waals surface area (Å²) in [5, 5.41) is 21.1. The van der Waals surface area contributed by atoms with Gasteiger partial charge >= 0.3 is 5.00 Å².